The lowest BCUT2D eigenvalue weighted by Gasteiger charge is -2.08. The Kier molecular flexibility index (Phi) is 5.11. The molecule has 24 heavy (non-hydrogen) atoms. The lowest BCUT2D eigenvalue weighted by atomic mass is 10.2. The average molecular weight is 340 g/mol. The molecule has 2 aromatic carbocycles. The molecule has 0 spiro atoms. The smallest absolute Gasteiger partial charge is 0.223 e. The molecule has 0 atom stereocenters. The number of thioether (sulfide) groups is 1. The van der Waals surface area contributed by atoms with Crippen LogP contribution in [0.1, 0.15) is 16.8 Å². The fourth-order valence-corrected chi connectivity index (χ4v) is 3.01. The van der Waals surface area contributed by atoms with Gasteiger partial charge in [-0.25, -0.2) is 9.37 Å². The molecule has 0 unspecified atom stereocenters. The molecule has 0 N–H and O–H groups in total. The van der Waals surface area contributed by atoms with Gasteiger partial charge in [0, 0.05) is 17.5 Å². The zero-order valence-electron chi connectivity index (χ0n) is 13.5. The molecule has 0 saturated carbocycles. The molecule has 122 valence electrons. The second-order valence-corrected chi connectivity index (χ2v) is 6.41. The third-order valence-corrected chi connectivity index (χ3v) is 4.22. The number of aryl methyl sites for hydroxylation is 2. The van der Waals surface area contributed by atoms with Crippen molar-refractivity contribution in [2.75, 3.05) is 0 Å². The van der Waals surface area contributed by atoms with Gasteiger partial charge in [-0.15, -0.1) is 0 Å². The number of hydrogen-bond donors (Lipinski definition) is 0. The molecule has 0 fully saturated rings. The van der Waals surface area contributed by atoms with Crippen LogP contribution >= 0.6 is 11.8 Å². The van der Waals surface area contributed by atoms with Crippen molar-refractivity contribution in [1.82, 2.24) is 9.97 Å². The Hall–Kier alpha value is -2.40. The third-order valence-electron chi connectivity index (χ3n) is 3.30. The highest BCUT2D eigenvalue weighted by molar-refractivity contribution is 7.98. The maximum Gasteiger partial charge on any atom is 0.223 e. The molecule has 0 amide bonds. The Morgan fingerprint density at radius 1 is 1.00 bits per heavy atom. The van der Waals surface area contributed by atoms with Crippen LogP contribution in [0.4, 0.5) is 4.39 Å². The van der Waals surface area contributed by atoms with Gasteiger partial charge in [0.25, 0.3) is 0 Å². The number of ether oxygens (including phenoxy) is 1. The van der Waals surface area contributed by atoms with Gasteiger partial charge in [-0.1, -0.05) is 36.0 Å². The number of hydrogen-bond acceptors (Lipinski definition) is 4. The van der Waals surface area contributed by atoms with Crippen LogP contribution in [0.3, 0.4) is 0 Å². The van der Waals surface area contributed by atoms with Crippen molar-refractivity contribution in [3.63, 3.8) is 0 Å². The second-order valence-electron chi connectivity index (χ2n) is 5.46. The summed E-state index contributed by atoms with van der Waals surface area (Å²) in [4.78, 5) is 8.87. The Bertz CT molecular complexity index is 837. The van der Waals surface area contributed by atoms with Crippen LogP contribution in [0.2, 0.25) is 0 Å². The molecular weight excluding hydrogens is 323 g/mol. The van der Waals surface area contributed by atoms with E-state index in [0.29, 0.717) is 16.8 Å². The van der Waals surface area contributed by atoms with Crippen molar-refractivity contribution in [1.29, 1.82) is 0 Å². The second kappa shape index (κ2) is 7.45. The molecule has 1 aromatic heterocycles. The van der Waals surface area contributed by atoms with Crippen LogP contribution in [0.5, 0.6) is 11.6 Å². The van der Waals surface area contributed by atoms with Crippen molar-refractivity contribution in [2.45, 2.75) is 24.8 Å². The molecular formula is C19H17FN2OS. The number of benzene rings is 2. The minimum Gasteiger partial charge on any atom is -0.439 e. The van der Waals surface area contributed by atoms with E-state index in [0.717, 1.165) is 22.6 Å². The predicted molar refractivity (Wildman–Crippen MR) is 94.0 cm³/mol. The van der Waals surface area contributed by atoms with Crippen molar-refractivity contribution in [3.8, 4) is 11.6 Å². The molecule has 3 rings (SSSR count). The van der Waals surface area contributed by atoms with Crippen LogP contribution in [0.15, 0.2) is 59.8 Å². The SMILES string of the molecule is Cc1cccc(Oc2cc(C)nc(SCc3ccc(F)cc3)n2)c1. The van der Waals surface area contributed by atoms with Crippen molar-refractivity contribution in [2.24, 2.45) is 0 Å². The van der Waals surface area contributed by atoms with Gasteiger partial charge >= 0.3 is 0 Å². The maximum absolute atomic E-state index is 12.9. The maximum atomic E-state index is 12.9. The summed E-state index contributed by atoms with van der Waals surface area (Å²) < 4.78 is 18.8. The highest BCUT2D eigenvalue weighted by atomic mass is 32.2. The summed E-state index contributed by atoms with van der Waals surface area (Å²) in [6, 6.07) is 16.1. The molecule has 3 nitrogen and oxygen atoms in total. The summed E-state index contributed by atoms with van der Waals surface area (Å²) >= 11 is 1.50. The topological polar surface area (TPSA) is 35.0 Å². The Labute approximate surface area is 144 Å². The zero-order valence-corrected chi connectivity index (χ0v) is 14.3. The fourth-order valence-electron chi connectivity index (χ4n) is 2.16. The van der Waals surface area contributed by atoms with Crippen LogP contribution in [0, 0.1) is 19.7 Å². The molecule has 0 saturated heterocycles. The van der Waals surface area contributed by atoms with Crippen LogP contribution in [-0.4, -0.2) is 9.97 Å². The summed E-state index contributed by atoms with van der Waals surface area (Å²) in [6.45, 7) is 3.93. The van der Waals surface area contributed by atoms with E-state index in [2.05, 4.69) is 9.97 Å². The third kappa shape index (κ3) is 4.55. The van der Waals surface area contributed by atoms with Gasteiger partial charge in [0.15, 0.2) is 5.16 Å². The Balaban J connectivity index is 1.72. The monoisotopic (exact) mass is 340 g/mol. The van der Waals surface area contributed by atoms with Crippen molar-refractivity contribution >= 4 is 11.8 Å². The van der Waals surface area contributed by atoms with Gasteiger partial charge in [-0.3, -0.25) is 0 Å². The number of halogens is 1. The van der Waals surface area contributed by atoms with E-state index < -0.39 is 0 Å². The molecule has 3 aromatic rings. The van der Waals surface area contributed by atoms with E-state index in [1.54, 1.807) is 12.1 Å². The first-order valence-corrected chi connectivity index (χ1v) is 8.54. The highest BCUT2D eigenvalue weighted by Gasteiger charge is 2.06. The molecule has 0 aliphatic heterocycles. The first-order valence-electron chi connectivity index (χ1n) is 7.56. The molecule has 0 bridgehead atoms. The minimum absolute atomic E-state index is 0.232. The number of nitrogens with zero attached hydrogens (tertiary/aromatic N) is 2. The fraction of sp³-hybridized carbons (Fsp3) is 0.158. The summed E-state index contributed by atoms with van der Waals surface area (Å²) in [6.07, 6.45) is 0. The van der Waals surface area contributed by atoms with E-state index in [-0.39, 0.29) is 5.82 Å². The van der Waals surface area contributed by atoms with E-state index in [1.807, 2.05) is 44.2 Å². The van der Waals surface area contributed by atoms with Gasteiger partial charge in [-0.05, 0) is 49.2 Å². The summed E-state index contributed by atoms with van der Waals surface area (Å²) in [5, 5.41) is 0.641. The van der Waals surface area contributed by atoms with Crippen LogP contribution in [-0.2, 0) is 5.75 Å². The normalized spacial score (nSPS) is 10.6. The van der Waals surface area contributed by atoms with Gasteiger partial charge in [0.2, 0.25) is 5.88 Å². The minimum atomic E-state index is -0.232. The van der Waals surface area contributed by atoms with Crippen LogP contribution < -0.4 is 4.74 Å². The van der Waals surface area contributed by atoms with Gasteiger partial charge in [0.05, 0.1) is 0 Å². The lowest BCUT2D eigenvalue weighted by Crippen LogP contribution is -1.95. The van der Waals surface area contributed by atoms with Crippen LogP contribution in [0.25, 0.3) is 0 Å². The standard InChI is InChI=1S/C19H17FN2OS/c1-13-4-3-5-17(10-13)23-18-11-14(2)21-19(22-18)24-12-15-6-8-16(20)9-7-15/h3-11H,12H2,1-2H3. The van der Waals surface area contributed by atoms with E-state index in [9.17, 15) is 4.39 Å². The Morgan fingerprint density at radius 3 is 2.54 bits per heavy atom. The molecule has 5 heteroatoms. The molecule has 0 radical (unpaired) electrons. The summed E-state index contributed by atoms with van der Waals surface area (Å²) in [5.74, 6) is 1.72. The molecule has 0 aliphatic carbocycles. The average Bonchev–Trinajstić information content (AvgIpc) is 2.54. The van der Waals surface area contributed by atoms with Gasteiger partial charge in [-0.2, -0.15) is 4.98 Å². The highest BCUT2D eigenvalue weighted by Crippen LogP contribution is 2.25. The van der Waals surface area contributed by atoms with Gasteiger partial charge in [0.1, 0.15) is 11.6 Å². The number of rotatable bonds is 5. The van der Waals surface area contributed by atoms with Crippen molar-refractivity contribution < 1.29 is 9.13 Å². The summed E-state index contributed by atoms with van der Waals surface area (Å²) in [5.41, 5.74) is 2.99. The predicted octanol–water partition coefficient (Wildman–Crippen LogP) is 5.32. The first-order chi connectivity index (χ1) is 11.6. The van der Waals surface area contributed by atoms with E-state index in [4.69, 9.17) is 4.74 Å². The van der Waals surface area contributed by atoms with Crippen molar-refractivity contribution in [3.05, 3.63) is 77.2 Å². The number of aromatic nitrogens is 2. The molecule has 1 heterocycles. The largest absolute Gasteiger partial charge is 0.439 e. The zero-order chi connectivity index (χ0) is 16.9. The quantitative estimate of drug-likeness (QED) is 0.465. The Morgan fingerprint density at radius 2 is 1.79 bits per heavy atom. The van der Waals surface area contributed by atoms with E-state index in [1.165, 1.54) is 23.9 Å². The molecule has 0 aliphatic rings. The first kappa shape index (κ1) is 16.5. The lowest BCUT2D eigenvalue weighted by molar-refractivity contribution is 0.454. The van der Waals surface area contributed by atoms with Gasteiger partial charge < -0.3 is 4.74 Å². The van der Waals surface area contributed by atoms with E-state index >= 15 is 0 Å². The summed E-state index contributed by atoms with van der Waals surface area (Å²) in [7, 11) is 0.